The van der Waals surface area contributed by atoms with E-state index in [4.69, 9.17) is 9.26 Å². The summed E-state index contributed by atoms with van der Waals surface area (Å²) in [6.07, 6.45) is 1.55. The van der Waals surface area contributed by atoms with Gasteiger partial charge in [-0.25, -0.2) is 0 Å². The number of hydrogen-bond donors (Lipinski definition) is 2. The van der Waals surface area contributed by atoms with Crippen molar-refractivity contribution >= 4 is 5.96 Å². The highest BCUT2D eigenvalue weighted by Crippen LogP contribution is 2.26. The van der Waals surface area contributed by atoms with E-state index in [0.29, 0.717) is 19.0 Å². The van der Waals surface area contributed by atoms with E-state index in [1.54, 1.807) is 13.3 Å². The van der Waals surface area contributed by atoms with Crippen LogP contribution in [0.2, 0.25) is 0 Å². The quantitative estimate of drug-likeness (QED) is 0.525. The van der Waals surface area contributed by atoms with Crippen LogP contribution in [0.5, 0.6) is 11.5 Å². The summed E-state index contributed by atoms with van der Waals surface area (Å²) in [5.41, 5.74) is 3.01. The summed E-state index contributed by atoms with van der Waals surface area (Å²) >= 11 is 0. The number of aryl methyl sites for hydroxylation is 1. The highest BCUT2D eigenvalue weighted by atomic mass is 16.5. The first-order valence-electron chi connectivity index (χ1n) is 8.41. The van der Waals surface area contributed by atoms with Crippen LogP contribution in [0.25, 0.3) is 0 Å². The maximum Gasteiger partial charge on any atom is 0.191 e. The van der Waals surface area contributed by atoms with Gasteiger partial charge in [-0.2, -0.15) is 0 Å². The minimum Gasteiger partial charge on any atom is -0.457 e. The minimum atomic E-state index is 0.539. The lowest BCUT2D eigenvalue weighted by Gasteiger charge is -2.15. The van der Waals surface area contributed by atoms with Crippen LogP contribution in [0.4, 0.5) is 0 Å². The van der Waals surface area contributed by atoms with Crippen LogP contribution >= 0.6 is 0 Å². The number of nitrogens with zero attached hydrogens (tertiary/aromatic N) is 2. The zero-order valence-electron chi connectivity index (χ0n) is 14.9. The Morgan fingerprint density at radius 3 is 2.62 bits per heavy atom. The van der Waals surface area contributed by atoms with Crippen LogP contribution in [-0.2, 0) is 13.1 Å². The van der Waals surface area contributed by atoms with Crippen LogP contribution in [0.3, 0.4) is 0 Å². The Bertz CT molecular complexity index is 846. The van der Waals surface area contributed by atoms with Crippen molar-refractivity contribution in [2.24, 2.45) is 4.99 Å². The molecule has 0 atom stereocenters. The largest absolute Gasteiger partial charge is 0.457 e. The molecule has 0 fully saturated rings. The standard InChI is InChI=1S/C20H22N4O2/c1-15-8-9-16(19(12-15)26-18-6-4-3-5-7-18)13-22-20(21-2)23-14-17-10-11-25-24-17/h3-12H,13-14H2,1-2H3,(H2,21,22,23). The van der Waals surface area contributed by atoms with Gasteiger partial charge in [-0.1, -0.05) is 35.5 Å². The summed E-state index contributed by atoms with van der Waals surface area (Å²) in [6, 6.07) is 17.7. The average molecular weight is 350 g/mol. The van der Waals surface area contributed by atoms with Gasteiger partial charge in [0, 0.05) is 25.2 Å². The van der Waals surface area contributed by atoms with Crippen LogP contribution < -0.4 is 15.4 Å². The van der Waals surface area contributed by atoms with E-state index in [2.05, 4.69) is 32.9 Å². The van der Waals surface area contributed by atoms with Gasteiger partial charge < -0.3 is 19.9 Å². The molecular formula is C20H22N4O2. The van der Waals surface area contributed by atoms with Gasteiger partial charge in [-0.15, -0.1) is 0 Å². The molecule has 26 heavy (non-hydrogen) atoms. The number of rotatable bonds is 6. The summed E-state index contributed by atoms with van der Waals surface area (Å²) in [5.74, 6) is 2.32. The number of guanidine groups is 1. The molecule has 0 bridgehead atoms. The van der Waals surface area contributed by atoms with Crippen LogP contribution in [0.1, 0.15) is 16.8 Å². The highest BCUT2D eigenvalue weighted by Gasteiger charge is 2.07. The fraction of sp³-hybridized carbons (Fsp3) is 0.200. The molecule has 6 nitrogen and oxygen atoms in total. The number of aliphatic imine (C=N–C) groups is 1. The first kappa shape index (κ1) is 17.5. The molecule has 0 saturated heterocycles. The molecule has 3 aromatic rings. The number of nitrogens with one attached hydrogen (secondary N) is 2. The maximum atomic E-state index is 6.05. The molecule has 2 aromatic carbocycles. The summed E-state index contributed by atoms with van der Waals surface area (Å²) in [4.78, 5) is 4.23. The Morgan fingerprint density at radius 2 is 1.88 bits per heavy atom. The van der Waals surface area contributed by atoms with Crippen molar-refractivity contribution in [2.45, 2.75) is 20.0 Å². The van der Waals surface area contributed by atoms with Gasteiger partial charge in [0.1, 0.15) is 23.5 Å². The highest BCUT2D eigenvalue weighted by molar-refractivity contribution is 5.79. The van der Waals surface area contributed by atoms with E-state index in [1.807, 2.05) is 49.4 Å². The topological polar surface area (TPSA) is 71.7 Å². The lowest BCUT2D eigenvalue weighted by molar-refractivity contribution is 0.410. The molecule has 134 valence electrons. The second-order valence-corrected chi connectivity index (χ2v) is 5.80. The number of hydrogen-bond acceptors (Lipinski definition) is 4. The first-order chi connectivity index (χ1) is 12.7. The summed E-state index contributed by atoms with van der Waals surface area (Å²) in [5, 5.41) is 10.4. The minimum absolute atomic E-state index is 0.539. The van der Waals surface area contributed by atoms with Gasteiger partial charge in [0.25, 0.3) is 0 Å². The summed E-state index contributed by atoms with van der Waals surface area (Å²) in [7, 11) is 1.73. The number of ether oxygens (including phenoxy) is 1. The zero-order valence-corrected chi connectivity index (χ0v) is 14.9. The third-order valence-electron chi connectivity index (χ3n) is 3.79. The van der Waals surface area contributed by atoms with Crippen molar-refractivity contribution in [1.29, 1.82) is 0 Å². The van der Waals surface area contributed by atoms with Crippen molar-refractivity contribution in [3.63, 3.8) is 0 Å². The number of benzene rings is 2. The van der Waals surface area contributed by atoms with Gasteiger partial charge in [-0.05, 0) is 30.7 Å². The molecule has 0 aliphatic rings. The van der Waals surface area contributed by atoms with Crippen molar-refractivity contribution in [3.8, 4) is 11.5 Å². The molecule has 1 heterocycles. The Labute approximate surface area is 152 Å². The SMILES string of the molecule is CN=C(NCc1ccon1)NCc1ccc(C)cc1Oc1ccccc1. The van der Waals surface area contributed by atoms with Crippen molar-refractivity contribution < 1.29 is 9.26 Å². The van der Waals surface area contributed by atoms with E-state index in [0.717, 1.165) is 28.3 Å². The molecule has 0 radical (unpaired) electrons. The van der Waals surface area contributed by atoms with E-state index in [1.165, 1.54) is 0 Å². The van der Waals surface area contributed by atoms with Crippen LogP contribution in [-0.4, -0.2) is 18.2 Å². The molecule has 0 aliphatic carbocycles. The normalized spacial score (nSPS) is 11.2. The Hall–Kier alpha value is -3.28. The van der Waals surface area contributed by atoms with E-state index >= 15 is 0 Å². The van der Waals surface area contributed by atoms with Gasteiger partial charge in [0.15, 0.2) is 5.96 Å². The molecule has 1 aromatic heterocycles. The molecule has 0 amide bonds. The molecule has 0 spiro atoms. The second-order valence-electron chi connectivity index (χ2n) is 5.80. The van der Waals surface area contributed by atoms with Crippen LogP contribution in [0, 0.1) is 6.92 Å². The lowest BCUT2D eigenvalue weighted by Crippen LogP contribution is -2.36. The molecule has 0 aliphatic heterocycles. The Morgan fingerprint density at radius 1 is 1.08 bits per heavy atom. The predicted molar refractivity (Wildman–Crippen MR) is 101 cm³/mol. The molecule has 3 rings (SSSR count). The van der Waals surface area contributed by atoms with Gasteiger partial charge in [-0.3, -0.25) is 4.99 Å². The molecular weight excluding hydrogens is 328 g/mol. The number of para-hydroxylation sites is 1. The lowest BCUT2D eigenvalue weighted by atomic mass is 10.1. The summed E-state index contributed by atoms with van der Waals surface area (Å²) < 4.78 is 10.9. The maximum absolute atomic E-state index is 6.05. The molecule has 2 N–H and O–H groups in total. The van der Waals surface area contributed by atoms with Crippen molar-refractivity contribution in [2.75, 3.05) is 7.05 Å². The zero-order chi connectivity index (χ0) is 18.2. The predicted octanol–water partition coefficient (Wildman–Crippen LogP) is 3.64. The Kier molecular flexibility index (Phi) is 5.88. The van der Waals surface area contributed by atoms with E-state index in [9.17, 15) is 0 Å². The average Bonchev–Trinajstić information content (AvgIpc) is 3.18. The number of aromatic nitrogens is 1. The third kappa shape index (κ3) is 4.86. The molecule has 0 saturated carbocycles. The van der Waals surface area contributed by atoms with Crippen molar-refractivity contribution in [3.05, 3.63) is 77.7 Å². The third-order valence-corrected chi connectivity index (χ3v) is 3.79. The Balaban J connectivity index is 1.64. The smallest absolute Gasteiger partial charge is 0.191 e. The van der Waals surface area contributed by atoms with E-state index in [-0.39, 0.29) is 0 Å². The molecule has 0 unspecified atom stereocenters. The monoisotopic (exact) mass is 350 g/mol. The first-order valence-corrected chi connectivity index (χ1v) is 8.41. The van der Waals surface area contributed by atoms with Crippen LogP contribution in [0.15, 0.2) is 70.4 Å². The summed E-state index contributed by atoms with van der Waals surface area (Å²) in [6.45, 7) is 3.17. The van der Waals surface area contributed by atoms with Gasteiger partial charge >= 0.3 is 0 Å². The molecule has 6 heteroatoms. The van der Waals surface area contributed by atoms with Gasteiger partial charge in [0.05, 0.1) is 6.54 Å². The van der Waals surface area contributed by atoms with Crippen molar-refractivity contribution in [1.82, 2.24) is 15.8 Å². The van der Waals surface area contributed by atoms with Gasteiger partial charge in [0.2, 0.25) is 0 Å². The fourth-order valence-corrected chi connectivity index (χ4v) is 2.42. The second kappa shape index (κ2) is 8.71. The van der Waals surface area contributed by atoms with E-state index < -0.39 is 0 Å². The fourth-order valence-electron chi connectivity index (χ4n) is 2.42.